The van der Waals surface area contributed by atoms with Gasteiger partial charge in [0, 0.05) is 17.2 Å². The minimum atomic E-state index is -0.774. The van der Waals surface area contributed by atoms with Crippen molar-refractivity contribution in [3.63, 3.8) is 0 Å². The van der Waals surface area contributed by atoms with Crippen LogP contribution in [0.1, 0.15) is 23.1 Å². The number of imide groups is 1. The van der Waals surface area contributed by atoms with Gasteiger partial charge in [0.15, 0.2) is 0 Å². The van der Waals surface area contributed by atoms with E-state index in [9.17, 15) is 14.4 Å². The van der Waals surface area contributed by atoms with Crippen molar-refractivity contribution in [1.29, 1.82) is 0 Å². The summed E-state index contributed by atoms with van der Waals surface area (Å²) >= 11 is 1.67. The number of carbonyl (C=O) groups excluding carboxylic acids is 2. The number of nitrogens with one attached hydrogen (secondary N) is 1. The molecule has 3 amide bonds. The third-order valence-corrected chi connectivity index (χ3v) is 6.30. The van der Waals surface area contributed by atoms with Gasteiger partial charge in [-0.2, -0.15) is 11.8 Å². The molecule has 0 bridgehead atoms. The molecule has 2 aromatic rings. The number of amides is 3. The lowest BCUT2D eigenvalue weighted by atomic mass is 9.99. The molecule has 1 aromatic heterocycles. The number of hydrogen-bond acceptors (Lipinski definition) is 5. The first-order valence-electron chi connectivity index (χ1n) is 8.16. The van der Waals surface area contributed by atoms with Crippen molar-refractivity contribution in [3.05, 3.63) is 45.3 Å². The Hall–Kier alpha value is -2.28. The summed E-state index contributed by atoms with van der Waals surface area (Å²) in [5.41, 5.74) is 1.79. The molecule has 1 aromatic carbocycles. The third kappa shape index (κ3) is 2.45. The second-order valence-corrected chi connectivity index (χ2v) is 7.79. The maximum Gasteiger partial charge on any atom is 0.336 e. The average Bonchev–Trinajstić information content (AvgIpc) is 3.12. The maximum atomic E-state index is 12.8. The summed E-state index contributed by atoms with van der Waals surface area (Å²) in [5, 5.41) is 3.60. The van der Waals surface area contributed by atoms with Crippen molar-refractivity contribution >= 4 is 34.7 Å². The molecular weight excluding hydrogens is 340 g/mol. The number of carbonyl (C=O) groups is 2. The molecule has 0 aliphatic carbocycles. The second-order valence-electron chi connectivity index (χ2n) is 6.68. The number of urea groups is 1. The Morgan fingerprint density at radius 1 is 1.28 bits per heavy atom. The lowest BCUT2D eigenvalue weighted by Crippen LogP contribution is -2.46. The summed E-state index contributed by atoms with van der Waals surface area (Å²) < 4.78 is 5.36. The van der Waals surface area contributed by atoms with Crippen LogP contribution in [-0.4, -0.2) is 33.9 Å². The Morgan fingerprint density at radius 3 is 2.80 bits per heavy atom. The number of aryl methyl sites for hydroxylation is 2. The fourth-order valence-corrected chi connectivity index (χ4v) is 4.80. The van der Waals surface area contributed by atoms with Crippen molar-refractivity contribution in [1.82, 2.24) is 10.2 Å². The molecule has 1 atom stereocenters. The predicted octanol–water partition coefficient (Wildman–Crippen LogP) is 2.34. The zero-order chi connectivity index (χ0) is 17.8. The fourth-order valence-electron chi connectivity index (χ4n) is 3.48. The molecule has 6 nitrogen and oxygen atoms in total. The Morgan fingerprint density at radius 2 is 2.08 bits per heavy atom. The quantitative estimate of drug-likeness (QED) is 0.658. The number of rotatable bonds is 2. The van der Waals surface area contributed by atoms with Gasteiger partial charge in [0.25, 0.3) is 5.91 Å². The molecule has 1 unspecified atom stereocenters. The Balaban J connectivity index is 1.76. The van der Waals surface area contributed by atoms with Crippen LogP contribution in [0, 0.1) is 13.8 Å². The van der Waals surface area contributed by atoms with Crippen LogP contribution in [0.15, 0.2) is 27.4 Å². The molecule has 1 spiro atoms. The van der Waals surface area contributed by atoms with Crippen LogP contribution in [-0.2, 0) is 11.3 Å². The van der Waals surface area contributed by atoms with Gasteiger partial charge >= 0.3 is 11.7 Å². The van der Waals surface area contributed by atoms with E-state index in [-0.39, 0.29) is 12.5 Å². The van der Waals surface area contributed by atoms with Gasteiger partial charge in [0.2, 0.25) is 0 Å². The van der Waals surface area contributed by atoms with E-state index in [1.807, 2.05) is 26.0 Å². The normalized spacial score (nSPS) is 23.0. The summed E-state index contributed by atoms with van der Waals surface area (Å²) in [6.07, 6.45) is 0.648. The molecule has 2 aliphatic rings. The van der Waals surface area contributed by atoms with Gasteiger partial charge in [0.1, 0.15) is 11.1 Å². The van der Waals surface area contributed by atoms with Gasteiger partial charge in [-0.1, -0.05) is 12.1 Å². The Kier molecular flexibility index (Phi) is 3.64. The Labute approximate surface area is 148 Å². The first kappa shape index (κ1) is 16.2. The summed E-state index contributed by atoms with van der Waals surface area (Å²) in [6, 6.07) is 4.79. The van der Waals surface area contributed by atoms with E-state index in [2.05, 4.69) is 5.32 Å². The molecule has 4 rings (SSSR count). The zero-order valence-corrected chi connectivity index (χ0v) is 14.9. The van der Waals surface area contributed by atoms with Crippen LogP contribution in [0.4, 0.5) is 4.79 Å². The highest BCUT2D eigenvalue weighted by molar-refractivity contribution is 7.99. The smallest absolute Gasteiger partial charge is 0.336 e. The second kappa shape index (κ2) is 5.62. The maximum absolute atomic E-state index is 12.8. The minimum absolute atomic E-state index is 0.0711. The number of benzene rings is 1. The number of thioether (sulfide) groups is 1. The molecule has 130 valence electrons. The highest BCUT2D eigenvalue weighted by atomic mass is 32.2. The van der Waals surface area contributed by atoms with E-state index < -0.39 is 17.2 Å². The van der Waals surface area contributed by atoms with E-state index in [0.29, 0.717) is 23.3 Å². The van der Waals surface area contributed by atoms with Gasteiger partial charge < -0.3 is 9.73 Å². The molecule has 0 saturated carbocycles. The molecule has 0 radical (unpaired) electrons. The van der Waals surface area contributed by atoms with Crippen LogP contribution in [0.2, 0.25) is 0 Å². The van der Waals surface area contributed by atoms with Crippen molar-refractivity contribution in [2.24, 2.45) is 0 Å². The largest absolute Gasteiger partial charge is 0.422 e. The van der Waals surface area contributed by atoms with Gasteiger partial charge in [-0.15, -0.1) is 0 Å². The van der Waals surface area contributed by atoms with Crippen LogP contribution in [0.5, 0.6) is 0 Å². The van der Waals surface area contributed by atoms with E-state index in [4.69, 9.17) is 4.42 Å². The van der Waals surface area contributed by atoms with E-state index in [1.165, 1.54) is 11.0 Å². The van der Waals surface area contributed by atoms with Gasteiger partial charge in [-0.05, 0) is 42.7 Å². The molecule has 1 N–H and O–H groups in total. The molecule has 2 saturated heterocycles. The summed E-state index contributed by atoms with van der Waals surface area (Å²) in [6.45, 7) is 3.91. The first-order valence-corrected chi connectivity index (χ1v) is 9.31. The SMILES string of the molecule is Cc1ccc2c(CN3C(=O)NC4(CCSC4)C3=O)cc(=O)oc2c1C. The lowest BCUT2D eigenvalue weighted by molar-refractivity contribution is -0.130. The average molecular weight is 358 g/mol. The molecular formula is C18H18N2O4S. The lowest BCUT2D eigenvalue weighted by Gasteiger charge is -2.19. The van der Waals surface area contributed by atoms with Crippen LogP contribution < -0.4 is 10.9 Å². The van der Waals surface area contributed by atoms with Gasteiger partial charge in [0.05, 0.1) is 6.54 Å². The monoisotopic (exact) mass is 358 g/mol. The topological polar surface area (TPSA) is 79.6 Å². The van der Waals surface area contributed by atoms with Crippen molar-refractivity contribution in [3.8, 4) is 0 Å². The van der Waals surface area contributed by atoms with E-state index in [1.54, 1.807) is 11.8 Å². The highest BCUT2D eigenvalue weighted by Crippen LogP contribution is 2.34. The minimum Gasteiger partial charge on any atom is -0.422 e. The predicted molar refractivity (Wildman–Crippen MR) is 95.7 cm³/mol. The highest BCUT2D eigenvalue weighted by Gasteiger charge is 2.52. The molecule has 2 aliphatic heterocycles. The Bertz CT molecular complexity index is 959. The van der Waals surface area contributed by atoms with Crippen molar-refractivity contribution in [2.75, 3.05) is 11.5 Å². The van der Waals surface area contributed by atoms with Crippen LogP contribution in [0.25, 0.3) is 11.0 Å². The van der Waals surface area contributed by atoms with Crippen molar-refractivity contribution in [2.45, 2.75) is 32.4 Å². The zero-order valence-electron chi connectivity index (χ0n) is 14.0. The van der Waals surface area contributed by atoms with Gasteiger partial charge in [-0.25, -0.2) is 9.59 Å². The summed E-state index contributed by atoms with van der Waals surface area (Å²) in [4.78, 5) is 38.4. The third-order valence-electron chi connectivity index (χ3n) is 5.11. The standard InChI is InChI=1S/C18H18N2O4S/c1-10-3-4-13-12(7-14(21)24-15(13)11(10)2)8-20-16(22)18(19-17(20)23)5-6-25-9-18/h3-4,7H,5-6,8-9H2,1-2H3,(H,19,23). The number of nitrogens with zero attached hydrogens (tertiary/aromatic N) is 1. The fraction of sp³-hybridized carbons (Fsp3) is 0.389. The van der Waals surface area contributed by atoms with Crippen LogP contribution in [0.3, 0.4) is 0 Å². The number of fused-ring (bicyclic) bond motifs is 1. The summed E-state index contributed by atoms with van der Waals surface area (Å²) in [5.74, 6) is 1.26. The number of hydrogen-bond donors (Lipinski definition) is 1. The first-order chi connectivity index (χ1) is 11.9. The summed E-state index contributed by atoms with van der Waals surface area (Å²) in [7, 11) is 0. The van der Waals surface area contributed by atoms with Crippen LogP contribution >= 0.6 is 11.8 Å². The molecule has 3 heterocycles. The van der Waals surface area contributed by atoms with Gasteiger partial charge in [-0.3, -0.25) is 9.69 Å². The van der Waals surface area contributed by atoms with E-state index >= 15 is 0 Å². The molecule has 25 heavy (non-hydrogen) atoms. The molecule has 2 fully saturated rings. The van der Waals surface area contributed by atoms with E-state index in [0.717, 1.165) is 22.3 Å². The molecule has 7 heteroatoms. The van der Waals surface area contributed by atoms with Crippen molar-refractivity contribution < 1.29 is 14.0 Å².